The molecule has 1 fully saturated rings. The molecule has 0 bridgehead atoms. The number of nitrogens with zero attached hydrogens (tertiary/aromatic N) is 1. The molecule has 1 N–H and O–H groups in total. The van der Waals surface area contributed by atoms with Crippen LogP contribution in [0.3, 0.4) is 0 Å². The van der Waals surface area contributed by atoms with Gasteiger partial charge in [-0.05, 0) is 49.7 Å². The fraction of sp³-hybridized carbons (Fsp3) is 0.643. The lowest BCUT2D eigenvalue weighted by Crippen LogP contribution is -2.40. The highest BCUT2D eigenvalue weighted by Gasteiger charge is 2.24. The first kappa shape index (κ1) is 13.6. The van der Waals surface area contributed by atoms with Crippen molar-refractivity contribution in [2.45, 2.75) is 26.7 Å². The Kier molecular flexibility index (Phi) is 4.78. The van der Waals surface area contributed by atoms with Gasteiger partial charge in [0.2, 0.25) is 0 Å². The molecule has 0 aliphatic carbocycles. The quantitative estimate of drug-likeness (QED) is 0.908. The summed E-state index contributed by atoms with van der Waals surface area (Å²) in [4.78, 5) is 14.3. The summed E-state index contributed by atoms with van der Waals surface area (Å²) in [5.74, 6) is 0.952. The molecule has 0 saturated carbocycles. The predicted molar refractivity (Wildman–Crippen MR) is 76.2 cm³/mol. The summed E-state index contributed by atoms with van der Waals surface area (Å²) in [6, 6.07) is 0. The number of carbonyl (C=O) groups excluding carboxylic acids is 1. The van der Waals surface area contributed by atoms with Crippen molar-refractivity contribution in [3.63, 3.8) is 0 Å². The average Bonchev–Trinajstić information content (AvgIpc) is 2.82. The van der Waals surface area contributed by atoms with Gasteiger partial charge in [-0.15, -0.1) is 0 Å². The first-order valence-electron chi connectivity index (χ1n) is 6.75. The van der Waals surface area contributed by atoms with E-state index in [1.807, 2.05) is 22.6 Å². The third kappa shape index (κ3) is 3.12. The average molecular weight is 266 g/mol. The van der Waals surface area contributed by atoms with E-state index in [-0.39, 0.29) is 5.91 Å². The fourth-order valence-corrected chi connectivity index (χ4v) is 3.26. The largest absolute Gasteiger partial charge is 0.339 e. The van der Waals surface area contributed by atoms with Crippen LogP contribution in [0.5, 0.6) is 0 Å². The van der Waals surface area contributed by atoms with Crippen LogP contribution in [0.2, 0.25) is 0 Å². The van der Waals surface area contributed by atoms with Crippen molar-refractivity contribution in [1.29, 1.82) is 0 Å². The highest BCUT2D eigenvalue weighted by molar-refractivity contribution is 7.08. The molecule has 2 rings (SSSR count). The Labute approximate surface area is 113 Å². The summed E-state index contributed by atoms with van der Waals surface area (Å²) in [5, 5.41) is 7.42. The van der Waals surface area contributed by atoms with Crippen LogP contribution >= 0.6 is 11.3 Å². The number of nitrogens with one attached hydrogen (secondary N) is 1. The summed E-state index contributed by atoms with van der Waals surface area (Å²) in [6.07, 6.45) is 2.25. The molecule has 0 unspecified atom stereocenters. The zero-order valence-electron chi connectivity index (χ0n) is 11.2. The molecule has 18 heavy (non-hydrogen) atoms. The number of likely N-dealkylation sites (tertiary alicyclic amines) is 1. The lowest BCUT2D eigenvalue weighted by molar-refractivity contribution is 0.0690. The predicted octanol–water partition coefficient (Wildman–Crippen LogP) is 2.52. The smallest absolute Gasteiger partial charge is 0.254 e. The van der Waals surface area contributed by atoms with Crippen molar-refractivity contribution in [2.24, 2.45) is 5.92 Å². The molecule has 0 spiro atoms. The standard InChI is InChI=1S/C14H22N2OS/c1-3-15-8-12-4-6-16(7-5-12)14(17)13-10-18-9-11(13)2/h9-10,12,15H,3-8H2,1-2H3. The number of amides is 1. The minimum Gasteiger partial charge on any atom is -0.339 e. The summed E-state index contributed by atoms with van der Waals surface area (Å²) in [5.41, 5.74) is 2.00. The van der Waals surface area contributed by atoms with Crippen molar-refractivity contribution in [3.8, 4) is 0 Å². The van der Waals surface area contributed by atoms with Gasteiger partial charge in [-0.3, -0.25) is 4.79 Å². The van der Waals surface area contributed by atoms with Crippen LogP contribution < -0.4 is 5.32 Å². The van der Waals surface area contributed by atoms with Gasteiger partial charge in [0.05, 0.1) is 5.56 Å². The lowest BCUT2D eigenvalue weighted by atomic mass is 9.96. The van der Waals surface area contributed by atoms with Crippen LogP contribution in [0.15, 0.2) is 10.8 Å². The molecule has 100 valence electrons. The fourth-order valence-electron chi connectivity index (χ4n) is 2.44. The van der Waals surface area contributed by atoms with Crippen molar-refractivity contribution < 1.29 is 4.79 Å². The second-order valence-electron chi connectivity index (χ2n) is 5.01. The molecule has 2 heterocycles. The number of hydrogen-bond acceptors (Lipinski definition) is 3. The second-order valence-corrected chi connectivity index (χ2v) is 5.76. The van der Waals surface area contributed by atoms with E-state index in [4.69, 9.17) is 0 Å². The van der Waals surface area contributed by atoms with Crippen molar-refractivity contribution in [1.82, 2.24) is 10.2 Å². The first-order valence-corrected chi connectivity index (χ1v) is 7.69. The molecule has 3 nitrogen and oxygen atoms in total. The third-order valence-electron chi connectivity index (χ3n) is 3.67. The Morgan fingerprint density at radius 3 is 2.72 bits per heavy atom. The van der Waals surface area contributed by atoms with Gasteiger partial charge in [-0.1, -0.05) is 6.92 Å². The maximum Gasteiger partial charge on any atom is 0.254 e. The van der Waals surface area contributed by atoms with E-state index < -0.39 is 0 Å². The number of hydrogen-bond donors (Lipinski definition) is 1. The molecule has 0 radical (unpaired) electrons. The summed E-state index contributed by atoms with van der Waals surface area (Å²) >= 11 is 1.61. The zero-order chi connectivity index (χ0) is 13.0. The highest BCUT2D eigenvalue weighted by atomic mass is 32.1. The SMILES string of the molecule is CCNCC1CCN(C(=O)c2cscc2C)CC1. The molecule has 1 amide bonds. The van der Waals surface area contributed by atoms with Crippen LogP contribution in [0.1, 0.15) is 35.7 Å². The summed E-state index contributed by atoms with van der Waals surface area (Å²) in [6.45, 7) is 8.09. The van der Waals surface area contributed by atoms with Gasteiger partial charge in [0.25, 0.3) is 5.91 Å². The van der Waals surface area contributed by atoms with E-state index in [1.165, 1.54) is 0 Å². The Balaban J connectivity index is 1.86. The van der Waals surface area contributed by atoms with Gasteiger partial charge in [0, 0.05) is 18.5 Å². The van der Waals surface area contributed by atoms with E-state index in [0.717, 1.165) is 56.1 Å². The topological polar surface area (TPSA) is 32.3 Å². The van der Waals surface area contributed by atoms with Gasteiger partial charge in [-0.25, -0.2) is 0 Å². The maximum absolute atomic E-state index is 12.3. The minimum atomic E-state index is 0.218. The van der Waals surface area contributed by atoms with Crippen LogP contribution in [0.4, 0.5) is 0 Å². The van der Waals surface area contributed by atoms with Gasteiger partial charge in [0.1, 0.15) is 0 Å². The van der Waals surface area contributed by atoms with E-state index in [0.29, 0.717) is 0 Å². The van der Waals surface area contributed by atoms with Crippen LogP contribution in [0.25, 0.3) is 0 Å². The Hall–Kier alpha value is -0.870. The number of carbonyl (C=O) groups is 1. The molecule has 1 saturated heterocycles. The van der Waals surface area contributed by atoms with E-state index in [1.54, 1.807) is 11.3 Å². The molecule has 0 aromatic carbocycles. The number of rotatable bonds is 4. The zero-order valence-corrected chi connectivity index (χ0v) is 12.1. The minimum absolute atomic E-state index is 0.218. The summed E-state index contributed by atoms with van der Waals surface area (Å²) in [7, 11) is 0. The van der Waals surface area contributed by atoms with E-state index >= 15 is 0 Å². The molecule has 1 aromatic rings. The van der Waals surface area contributed by atoms with Gasteiger partial charge < -0.3 is 10.2 Å². The van der Waals surface area contributed by atoms with Gasteiger partial charge >= 0.3 is 0 Å². The normalized spacial score (nSPS) is 17.1. The second kappa shape index (κ2) is 6.34. The van der Waals surface area contributed by atoms with Crippen LogP contribution in [0, 0.1) is 12.8 Å². The molecule has 1 aliphatic heterocycles. The van der Waals surface area contributed by atoms with E-state index in [9.17, 15) is 4.79 Å². The number of piperidine rings is 1. The molecular formula is C14H22N2OS. The Bertz CT molecular complexity index is 394. The van der Waals surface area contributed by atoms with Crippen molar-refractivity contribution >= 4 is 17.2 Å². The Morgan fingerprint density at radius 1 is 1.44 bits per heavy atom. The van der Waals surface area contributed by atoms with Crippen molar-refractivity contribution in [3.05, 3.63) is 21.9 Å². The van der Waals surface area contributed by atoms with Gasteiger partial charge in [0.15, 0.2) is 0 Å². The van der Waals surface area contributed by atoms with Crippen LogP contribution in [-0.4, -0.2) is 37.0 Å². The third-order valence-corrected chi connectivity index (χ3v) is 4.53. The monoisotopic (exact) mass is 266 g/mol. The van der Waals surface area contributed by atoms with Crippen molar-refractivity contribution in [2.75, 3.05) is 26.2 Å². The first-order chi connectivity index (χ1) is 8.72. The maximum atomic E-state index is 12.3. The molecule has 1 aromatic heterocycles. The summed E-state index contributed by atoms with van der Waals surface area (Å²) < 4.78 is 0. The number of thiophene rings is 1. The highest BCUT2D eigenvalue weighted by Crippen LogP contribution is 2.21. The molecule has 0 atom stereocenters. The van der Waals surface area contributed by atoms with Gasteiger partial charge in [-0.2, -0.15) is 11.3 Å². The van der Waals surface area contributed by atoms with Crippen LogP contribution in [-0.2, 0) is 0 Å². The molecule has 4 heteroatoms. The van der Waals surface area contributed by atoms with E-state index in [2.05, 4.69) is 12.2 Å². The Morgan fingerprint density at radius 2 is 2.17 bits per heavy atom. The molecule has 1 aliphatic rings. The molecular weight excluding hydrogens is 244 g/mol. The number of aryl methyl sites for hydroxylation is 1. The lowest BCUT2D eigenvalue weighted by Gasteiger charge is -2.32.